The van der Waals surface area contributed by atoms with Crippen molar-refractivity contribution in [1.82, 2.24) is 4.90 Å². The summed E-state index contributed by atoms with van der Waals surface area (Å²) in [4.78, 5) is 14.5. The highest BCUT2D eigenvalue weighted by molar-refractivity contribution is 5.76. The van der Waals surface area contributed by atoms with Gasteiger partial charge in [-0.05, 0) is 73.7 Å². The SMILES string of the molecule is CC(C[C@@]12CCN(CC3CC3)C(Cc3ccc(O)cc31)[C@@H]2C)C(N)=O. The number of primary amides is 1. The van der Waals surface area contributed by atoms with Crippen LogP contribution in [0, 0.1) is 17.8 Å². The van der Waals surface area contributed by atoms with Crippen molar-refractivity contribution in [2.24, 2.45) is 23.5 Å². The second kappa shape index (κ2) is 6.01. The number of rotatable bonds is 5. The topological polar surface area (TPSA) is 66.6 Å². The van der Waals surface area contributed by atoms with Gasteiger partial charge in [0.15, 0.2) is 0 Å². The van der Waals surface area contributed by atoms with Crippen molar-refractivity contribution in [2.75, 3.05) is 13.1 Å². The smallest absolute Gasteiger partial charge is 0.220 e. The van der Waals surface area contributed by atoms with Gasteiger partial charge in [0, 0.05) is 23.9 Å². The largest absolute Gasteiger partial charge is 0.508 e. The van der Waals surface area contributed by atoms with Gasteiger partial charge in [-0.3, -0.25) is 9.69 Å². The molecule has 1 saturated carbocycles. The van der Waals surface area contributed by atoms with E-state index in [4.69, 9.17) is 5.73 Å². The van der Waals surface area contributed by atoms with Crippen molar-refractivity contribution in [2.45, 2.75) is 57.4 Å². The van der Waals surface area contributed by atoms with E-state index in [0.717, 1.165) is 31.7 Å². The summed E-state index contributed by atoms with van der Waals surface area (Å²) in [5.41, 5.74) is 8.17. The maximum absolute atomic E-state index is 11.8. The van der Waals surface area contributed by atoms with Gasteiger partial charge in [0.25, 0.3) is 0 Å². The number of carbonyl (C=O) groups excluding carboxylic acids is 1. The van der Waals surface area contributed by atoms with Crippen LogP contribution < -0.4 is 5.73 Å². The lowest BCUT2D eigenvalue weighted by Gasteiger charge is -2.57. The van der Waals surface area contributed by atoms with E-state index < -0.39 is 0 Å². The number of aromatic hydroxyl groups is 1. The van der Waals surface area contributed by atoms with Gasteiger partial charge in [0.05, 0.1) is 0 Å². The van der Waals surface area contributed by atoms with Crippen LogP contribution >= 0.6 is 0 Å². The minimum atomic E-state index is -0.217. The lowest BCUT2D eigenvalue weighted by atomic mass is 9.55. The number of phenols is 1. The molecule has 2 bridgehead atoms. The fraction of sp³-hybridized carbons (Fsp3) is 0.667. The Labute approximate surface area is 150 Å². The highest BCUT2D eigenvalue weighted by Crippen LogP contribution is 2.53. The van der Waals surface area contributed by atoms with Gasteiger partial charge in [0.1, 0.15) is 5.75 Å². The van der Waals surface area contributed by atoms with E-state index in [2.05, 4.69) is 17.9 Å². The lowest BCUT2D eigenvalue weighted by Crippen LogP contribution is -2.60. The minimum absolute atomic E-state index is 0.0501. The Bertz CT molecular complexity index is 684. The van der Waals surface area contributed by atoms with Crippen molar-refractivity contribution in [1.29, 1.82) is 0 Å². The molecule has 4 nitrogen and oxygen atoms in total. The van der Waals surface area contributed by atoms with Gasteiger partial charge in [-0.1, -0.05) is 19.9 Å². The first-order chi connectivity index (χ1) is 11.9. The number of nitrogens with two attached hydrogens (primary N) is 1. The molecule has 25 heavy (non-hydrogen) atoms. The van der Waals surface area contributed by atoms with E-state index in [9.17, 15) is 9.90 Å². The molecule has 3 aliphatic rings. The quantitative estimate of drug-likeness (QED) is 0.865. The number of benzene rings is 1. The van der Waals surface area contributed by atoms with Gasteiger partial charge in [-0.25, -0.2) is 0 Å². The van der Waals surface area contributed by atoms with Crippen LogP contribution in [0.4, 0.5) is 0 Å². The van der Waals surface area contributed by atoms with E-state index in [0.29, 0.717) is 17.7 Å². The third-order valence-electron chi connectivity index (χ3n) is 7.17. The van der Waals surface area contributed by atoms with Crippen molar-refractivity contribution in [3.63, 3.8) is 0 Å². The molecular formula is C21H30N2O2. The third kappa shape index (κ3) is 2.84. The number of piperidine rings is 1. The molecule has 2 aliphatic carbocycles. The summed E-state index contributed by atoms with van der Waals surface area (Å²) in [6.45, 7) is 6.62. The van der Waals surface area contributed by atoms with Crippen LogP contribution in [0.5, 0.6) is 5.75 Å². The van der Waals surface area contributed by atoms with Crippen LogP contribution in [0.15, 0.2) is 18.2 Å². The third-order valence-corrected chi connectivity index (χ3v) is 7.17. The molecule has 3 N–H and O–H groups in total. The number of fused-ring (bicyclic) bond motifs is 4. The second-order valence-electron chi connectivity index (χ2n) is 8.75. The molecule has 4 atom stereocenters. The monoisotopic (exact) mass is 342 g/mol. The number of nitrogens with zero attached hydrogens (tertiary/aromatic N) is 1. The highest BCUT2D eigenvalue weighted by atomic mass is 16.3. The van der Waals surface area contributed by atoms with Crippen LogP contribution in [-0.4, -0.2) is 35.0 Å². The standard InChI is InChI=1S/C21H30N2O2/c1-13(20(22)25)11-21-7-8-23(12-15-3-4-15)19(14(21)2)9-16-5-6-17(24)10-18(16)21/h5-6,10,13-15,19,24H,3-4,7-9,11-12H2,1-2H3,(H2,22,25)/t13?,14-,19?,21+/m0/s1. The van der Waals surface area contributed by atoms with Gasteiger partial charge in [-0.2, -0.15) is 0 Å². The van der Waals surface area contributed by atoms with Crippen LogP contribution in [0.1, 0.15) is 50.7 Å². The fourth-order valence-corrected chi connectivity index (χ4v) is 5.44. The molecule has 0 spiro atoms. The Morgan fingerprint density at radius 3 is 2.88 bits per heavy atom. The van der Waals surface area contributed by atoms with Crippen LogP contribution in [-0.2, 0) is 16.6 Å². The molecule has 0 aromatic heterocycles. The van der Waals surface area contributed by atoms with Gasteiger partial charge in [-0.15, -0.1) is 0 Å². The summed E-state index contributed by atoms with van der Waals surface area (Å²) in [7, 11) is 0. The normalized spacial score (nSPS) is 32.9. The second-order valence-corrected chi connectivity index (χ2v) is 8.75. The molecule has 2 unspecified atom stereocenters. The zero-order chi connectivity index (χ0) is 17.8. The zero-order valence-electron chi connectivity index (χ0n) is 15.4. The summed E-state index contributed by atoms with van der Waals surface area (Å²) in [5.74, 6) is 1.33. The molecule has 136 valence electrons. The van der Waals surface area contributed by atoms with Crippen LogP contribution in [0.3, 0.4) is 0 Å². The Morgan fingerprint density at radius 1 is 1.44 bits per heavy atom. The predicted molar refractivity (Wildman–Crippen MR) is 98.3 cm³/mol. The number of phenolic OH excluding ortho intramolecular Hbond substituents is 1. The molecule has 2 fully saturated rings. The van der Waals surface area contributed by atoms with Crippen molar-refractivity contribution < 1.29 is 9.90 Å². The summed E-state index contributed by atoms with van der Waals surface area (Å²) in [5, 5.41) is 10.1. The average Bonchev–Trinajstić information content (AvgIpc) is 3.37. The van der Waals surface area contributed by atoms with Crippen molar-refractivity contribution in [3.8, 4) is 5.75 Å². The summed E-state index contributed by atoms with van der Waals surface area (Å²) >= 11 is 0. The Hall–Kier alpha value is -1.55. The molecule has 4 rings (SSSR count). The van der Waals surface area contributed by atoms with Crippen LogP contribution in [0.2, 0.25) is 0 Å². The number of hydrogen-bond donors (Lipinski definition) is 2. The highest BCUT2D eigenvalue weighted by Gasteiger charge is 2.52. The molecule has 1 amide bonds. The lowest BCUT2D eigenvalue weighted by molar-refractivity contribution is -0.122. The average molecular weight is 342 g/mol. The zero-order valence-corrected chi connectivity index (χ0v) is 15.4. The fourth-order valence-electron chi connectivity index (χ4n) is 5.44. The first kappa shape index (κ1) is 16.9. The molecule has 1 aliphatic heterocycles. The first-order valence-electron chi connectivity index (χ1n) is 9.76. The summed E-state index contributed by atoms with van der Waals surface area (Å²) in [6, 6.07) is 6.38. The molecular weight excluding hydrogens is 312 g/mol. The molecule has 1 aromatic carbocycles. The molecule has 0 radical (unpaired) electrons. The Balaban J connectivity index is 1.74. The predicted octanol–water partition coefficient (Wildman–Crippen LogP) is 2.82. The van der Waals surface area contributed by atoms with Crippen LogP contribution in [0.25, 0.3) is 0 Å². The minimum Gasteiger partial charge on any atom is -0.508 e. The maximum Gasteiger partial charge on any atom is 0.220 e. The van der Waals surface area contributed by atoms with E-state index in [-0.39, 0.29) is 17.2 Å². The van der Waals surface area contributed by atoms with E-state index in [1.165, 1.54) is 30.5 Å². The summed E-state index contributed by atoms with van der Waals surface area (Å²) < 4.78 is 0. The van der Waals surface area contributed by atoms with Crippen molar-refractivity contribution in [3.05, 3.63) is 29.3 Å². The Kier molecular flexibility index (Phi) is 4.06. The number of likely N-dealkylation sites (tertiary alicyclic amines) is 1. The molecule has 1 aromatic rings. The number of amides is 1. The van der Waals surface area contributed by atoms with Gasteiger partial charge >= 0.3 is 0 Å². The van der Waals surface area contributed by atoms with Gasteiger partial charge in [0.2, 0.25) is 5.91 Å². The van der Waals surface area contributed by atoms with E-state index in [1.807, 2.05) is 13.0 Å². The van der Waals surface area contributed by atoms with Gasteiger partial charge < -0.3 is 10.8 Å². The number of hydrogen-bond acceptors (Lipinski definition) is 3. The Morgan fingerprint density at radius 2 is 2.20 bits per heavy atom. The van der Waals surface area contributed by atoms with E-state index in [1.54, 1.807) is 6.07 Å². The molecule has 4 heteroatoms. The number of carbonyl (C=O) groups is 1. The summed E-state index contributed by atoms with van der Waals surface area (Å²) in [6.07, 6.45) is 5.65. The van der Waals surface area contributed by atoms with E-state index >= 15 is 0 Å². The van der Waals surface area contributed by atoms with Crippen molar-refractivity contribution >= 4 is 5.91 Å². The maximum atomic E-state index is 11.8. The molecule has 1 heterocycles. The molecule has 1 saturated heterocycles. The first-order valence-corrected chi connectivity index (χ1v) is 9.76.